The highest BCUT2D eigenvalue weighted by Gasteiger charge is 2.31. The van der Waals surface area contributed by atoms with Gasteiger partial charge < -0.3 is 10.2 Å². The van der Waals surface area contributed by atoms with E-state index in [0.717, 1.165) is 29.5 Å². The van der Waals surface area contributed by atoms with Gasteiger partial charge in [0, 0.05) is 37.6 Å². The van der Waals surface area contributed by atoms with E-state index in [-0.39, 0.29) is 35.6 Å². The van der Waals surface area contributed by atoms with E-state index in [0.29, 0.717) is 31.1 Å². The number of halogens is 1. The van der Waals surface area contributed by atoms with Gasteiger partial charge in [-0.15, -0.1) is 0 Å². The predicted molar refractivity (Wildman–Crippen MR) is 162 cm³/mol. The van der Waals surface area contributed by atoms with Crippen molar-refractivity contribution in [1.29, 1.82) is 0 Å². The van der Waals surface area contributed by atoms with Gasteiger partial charge in [-0.2, -0.15) is 4.31 Å². The van der Waals surface area contributed by atoms with Crippen molar-refractivity contribution in [1.82, 2.24) is 14.5 Å². The van der Waals surface area contributed by atoms with Gasteiger partial charge in [0.1, 0.15) is 6.04 Å². The molecule has 7 nitrogen and oxygen atoms in total. The number of hydrogen-bond donors (Lipinski definition) is 1. The Kier molecular flexibility index (Phi) is 10.6. The van der Waals surface area contributed by atoms with Crippen LogP contribution in [0.1, 0.15) is 55.8 Å². The number of hydrogen-bond acceptors (Lipinski definition) is 4. The van der Waals surface area contributed by atoms with Gasteiger partial charge in [0.25, 0.3) is 0 Å². The van der Waals surface area contributed by atoms with Crippen molar-refractivity contribution in [3.63, 3.8) is 0 Å². The quantitative estimate of drug-likeness (QED) is 0.295. The van der Waals surface area contributed by atoms with Gasteiger partial charge in [-0.1, -0.05) is 80.0 Å². The van der Waals surface area contributed by atoms with Gasteiger partial charge in [0.2, 0.25) is 21.8 Å². The standard InChI is InChI=1S/C32H38ClN3O4S/c1-24(2)22-34-32(38)31(27-8-4-3-5-9-27)36(23-26-10-15-28(33)16-11-26)30(37)19-14-25-12-17-29(18-13-25)41(39,40)35-20-6-7-21-35/h3-5,8-13,15-18,24,31H,6-7,14,19-23H2,1-2H3,(H,34,38). The second kappa shape index (κ2) is 14.1. The molecular weight excluding hydrogens is 558 g/mol. The molecule has 0 radical (unpaired) electrons. The summed E-state index contributed by atoms with van der Waals surface area (Å²) in [6.45, 7) is 5.88. The van der Waals surface area contributed by atoms with Gasteiger partial charge in [-0.05, 0) is 66.1 Å². The van der Waals surface area contributed by atoms with Crippen LogP contribution in [0.25, 0.3) is 0 Å². The number of carbonyl (C=O) groups is 2. The fraction of sp³-hybridized carbons (Fsp3) is 0.375. The summed E-state index contributed by atoms with van der Waals surface area (Å²) in [4.78, 5) is 29.3. The van der Waals surface area contributed by atoms with E-state index in [9.17, 15) is 18.0 Å². The average Bonchev–Trinajstić information content (AvgIpc) is 3.53. The normalized spacial score (nSPS) is 14.6. The SMILES string of the molecule is CC(C)CNC(=O)C(c1ccccc1)N(Cc1ccc(Cl)cc1)C(=O)CCc1ccc(S(=O)(=O)N2CCCC2)cc1. The summed E-state index contributed by atoms with van der Waals surface area (Å²) < 4.78 is 27.3. The maximum Gasteiger partial charge on any atom is 0.247 e. The number of nitrogens with one attached hydrogen (secondary N) is 1. The summed E-state index contributed by atoms with van der Waals surface area (Å²) in [5.74, 6) is -0.154. The minimum absolute atomic E-state index is 0.159. The monoisotopic (exact) mass is 595 g/mol. The summed E-state index contributed by atoms with van der Waals surface area (Å²) in [6, 6.07) is 22.5. The van der Waals surface area contributed by atoms with Crippen LogP contribution >= 0.6 is 11.6 Å². The van der Waals surface area contributed by atoms with E-state index in [1.165, 1.54) is 4.31 Å². The van der Waals surface area contributed by atoms with Gasteiger partial charge in [-0.3, -0.25) is 9.59 Å². The Bertz CT molecular complexity index is 1410. The number of rotatable bonds is 12. The van der Waals surface area contributed by atoms with Crippen molar-refractivity contribution in [2.24, 2.45) is 5.92 Å². The van der Waals surface area contributed by atoms with Crippen molar-refractivity contribution < 1.29 is 18.0 Å². The molecule has 1 unspecified atom stereocenters. The zero-order chi connectivity index (χ0) is 29.4. The molecule has 1 aliphatic heterocycles. The maximum absolute atomic E-state index is 13.9. The van der Waals surface area contributed by atoms with Crippen LogP contribution in [0.3, 0.4) is 0 Å². The van der Waals surface area contributed by atoms with Crippen LogP contribution in [0.5, 0.6) is 0 Å². The van der Waals surface area contributed by atoms with E-state index in [1.807, 2.05) is 56.3 Å². The second-order valence-electron chi connectivity index (χ2n) is 10.9. The Morgan fingerprint density at radius 2 is 1.51 bits per heavy atom. The highest BCUT2D eigenvalue weighted by molar-refractivity contribution is 7.89. The van der Waals surface area contributed by atoms with E-state index in [4.69, 9.17) is 11.6 Å². The number of carbonyl (C=O) groups excluding carboxylic acids is 2. The van der Waals surface area contributed by atoms with Crippen molar-refractivity contribution in [2.75, 3.05) is 19.6 Å². The molecule has 3 aromatic rings. The molecule has 41 heavy (non-hydrogen) atoms. The van der Waals surface area contributed by atoms with Crippen LogP contribution < -0.4 is 5.32 Å². The van der Waals surface area contributed by atoms with Gasteiger partial charge in [0.15, 0.2) is 0 Å². The fourth-order valence-electron chi connectivity index (χ4n) is 4.92. The van der Waals surface area contributed by atoms with Crippen LogP contribution in [-0.4, -0.2) is 49.1 Å². The molecule has 9 heteroatoms. The molecule has 0 aromatic heterocycles. The minimum Gasteiger partial charge on any atom is -0.354 e. The molecule has 0 spiro atoms. The Hall–Kier alpha value is -3.20. The van der Waals surface area contributed by atoms with E-state index >= 15 is 0 Å². The first-order valence-electron chi connectivity index (χ1n) is 14.1. The highest BCUT2D eigenvalue weighted by atomic mass is 35.5. The molecule has 0 saturated carbocycles. The molecule has 1 aliphatic rings. The molecule has 1 heterocycles. The first-order chi connectivity index (χ1) is 19.6. The van der Waals surface area contributed by atoms with Crippen LogP contribution in [-0.2, 0) is 32.6 Å². The molecule has 218 valence electrons. The van der Waals surface area contributed by atoms with E-state index in [1.54, 1.807) is 41.3 Å². The van der Waals surface area contributed by atoms with E-state index < -0.39 is 16.1 Å². The lowest BCUT2D eigenvalue weighted by molar-refractivity contribution is -0.141. The molecule has 0 bridgehead atoms. The van der Waals surface area contributed by atoms with Gasteiger partial charge >= 0.3 is 0 Å². The molecule has 1 N–H and O–H groups in total. The van der Waals surface area contributed by atoms with Crippen molar-refractivity contribution >= 4 is 33.4 Å². The van der Waals surface area contributed by atoms with Crippen LogP contribution in [0.4, 0.5) is 0 Å². The number of aryl methyl sites for hydroxylation is 1. The molecule has 3 aromatic carbocycles. The number of amides is 2. The molecule has 1 fully saturated rings. The molecule has 2 amide bonds. The third-order valence-electron chi connectivity index (χ3n) is 7.20. The summed E-state index contributed by atoms with van der Waals surface area (Å²) >= 11 is 6.10. The third kappa shape index (κ3) is 8.18. The Labute approximate surface area is 248 Å². The van der Waals surface area contributed by atoms with E-state index in [2.05, 4.69) is 5.32 Å². The Morgan fingerprint density at radius 3 is 2.12 bits per heavy atom. The number of benzene rings is 3. The molecule has 1 saturated heterocycles. The van der Waals surface area contributed by atoms with Crippen LogP contribution in [0.15, 0.2) is 83.8 Å². The van der Waals surface area contributed by atoms with Gasteiger partial charge in [-0.25, -0.2) is 8.42 Å². The predicted octanol–water partition coefficient (Wildman–Crippen LogP) is 5.60. The lowest BCUT2D eigenvalue weighted by Crippen LogP contribution is -2.44. The number of nitrogens with zero attached hydrogens (tertiary/aromatic N) is 2. The van der Waals surface area contributed by atoms with Crippen molar-refractivity contribution in [2.45, 2.75) is 57.0 Å². The smallest absolute Gasteiger partial charge is 0.247 e. The number of sulfonamides is 1. The van der Waals surface area contributed by atoms with Crippen LogP contribution in [0, 0.1) is 5.92 Å². The summed E-state index contributed by atoms with van der Waals surface area (Å²) in [7, 11) is -3.50. The Balaban J connectivity index is 1.56. The molecule has 1 atom stereocenters. The summed E-state index contributed by atoms with van der Waals surface area (Å²) in [5, 5.41) is 3.61. The first-order valence-corrected chi connectivity index (χ1v) is 15.9. The first kappa shape index (κ1) is 30.8. The largest absolute Gasteiger partial charge is 0.354 e. The summed E-state index contributed by atoms with van der Waals surface area (Å²) in [5.41, 5.74) is 2.44. The lowest BCUT2D eigenvalue weighted by Gasteiger charge is -2.32. The zero-order valence-electron chi connectivity index (χ0n) is 23.6. The van der Waals surface area contributed by atoms with Gasteiger partial charge in [0.05, 0.1) is 4.90 Å². The second-order valence-corrected chi connectivity index (χ2v) is 13.2. The lowest BCUT2D eigenvalue weighted by atomic mass is 10.0. The highest BCUT2D eigenvalue weighted by Crippen LogP contribution is 2.26. The van der Waals surface area contributed by atoms with Crippen molar-refractivity contribution in [3.05, 3.63) is 101 Å². The third-order valence-corrected chi connectivity index (χ3v) is 9.36. The Morgan fingerprint density at radius 1 is 0.902 bits per heavy atom. The van der Waals surface area contributed by atoms with Crippen LogP contribution in [0.2, 0.25) is 5.02 Å². The summed E-state index contributed by atoms with van der Waals surface area (Å²) in [6.07, 6.45) is 2.33. The average molecular weight is 596 g/mol. The zero-order valence-corrected chi connectivity index (χ0v) is 25.2. The minimum atomic E-state index is -3.50. The van der Waals surface area contributed by atoms with Crippen molar-refractivity contribution in [3.8, 4) is 0 Å². The molecule has 0 aliphatic carbocycles. The molecule has 4 rings (SSSR count). The fourth-order valence-corrected chi connectivity index (χ4v) is 6.56. The maximum atomic E-state index is 13.9. The topological polar surface area (TPSA) is 86.8 Å². The molecular formula is C32H38ClN3O4S.